The van der Waals surface area contributed by atoms with Crippen molar-refractivity contribution in [2.24, 2.45) is 0 Å². The maximum absolute atomic E-state index is 13.1. The molecule has 0 radical (unpaired) electrons. The van der Waals surface area contributed by atoms with Gasteiger partial charge in [-0.15, -0.1) is 0 Å². The Morgan fingerprint density at radius 2 is 1.88 bits per heavy atom. The molecule has 0 spiro atoms. The van der Waals surface area contributed by atoms with Crippen LogP contribution in [-0.4, -0.2) is 31.4 Å². The minimum Gasteiger partial charge on any atom is -0.469 e. The number of aromatic nitrogens is 1. The van der Waals surface area contributed by atoms with Gasteiger partial charge < -0.3 is 4.74 Å². The molecule has 0 bridgehead atoms. The molecular formula is C16H15BrN2O6S. The molecule has 2 rings (SSSR count). The first kappa shape index (κ1) is 20.0. The molecule has 1 heterocycles. The molecule has 0 amide bonds. The maximum Gasteiger partial charge on any atom is 0.307 e. The van der Waals surface area contributed by atoms with Crippen LogP contribution in [0.25, 0.3) is 0 Å². The van der Waals surface area contributed by atoms with E-state index >= 15 is 0 Å². The standard InChI is InChI=1S/C16H15BrN2O6S/c1-10-3-5-11(6-4-10)26(23,24)13(9-15(20)25-2)16-12(19(21)22)7-8-14(17)18-16/h3-8,13H,9H2,1-2H3. The molecule has 1 aromatic heterocycles. The fourth-order valence-corrected chi connectivity index (χ4v) is 4.30. The van der Waals surface area contributed by atoms with E-state index in [0.29, 0.717) is 0 Å². The minimum atomic E-state index is -4.14. The Morgan fingerprint density at radius 1 is 1.27 bits per heavy atom. The van der Waals surface area contributed by atoms with Gasteiger partial charge in [0.1, 0.15) is 15.5 Å². The SMILES string of the molecule is COC(=O)CC(c1nc(Br)ccc1[N+](=O)[O-])S(=O)(=O)c1ccc(C)cc1. The van der Waals surface area contributed by atoms with E-state index in [4.69, 9.17) is 0 Å². The Labute approximate surface area is 158 Å². The number of halogens is 1. The average molecular weight is 443 g/mol. The van der Waals surface area contributed by atoms with Crippen molar-refractivity contribution in [1.82, 2.24) is 4.98 Å². The Hall–Kier alpha value is -2.33. The van der Waals surface area contributed by atoms with Gasteiger partial charge >= 0.3 is 5.97 Å². The molecular weight excluding hydrogens is 428 g/mol. The van der Waals surface area contributed by atoms with E-state index in [2.05, 4.69) is 25.7 Å². The minimum absolute atomic E-state index is 0.0620. The van der Waals surface area contributed by atoms with Gasteiger partial charge in [-0.2, -0.15) is 0 Å². The first-order valence-electron chi connectivity index (χ1n) is 7.35. The summed E-state index contributed by atoms with van der Waals surface area (Å²) < 4.78 is 31.0. The van der Waals surface area contributed by atoms with E-state index in [0.717, 1.165) is 18.7 Å². The molecule has 0 saturated heterocycles. The first-order valence-corrected chi connectivity index (χ1v) is 9.69. The molecule has 8 nitrogen and oxygen atoms in total. The van der Waals surface area contributed by atoms with Crippen molar-refractivity contribution in [1.29, 1.82) is 0 Å². The number of carbonyl (C=O) groups is 1. The third-order valence-electron chi connectivity index (χ3n) is 3.67. The molecule has 2 aromatic rings. The van der Waals surface area contributed by atoms with Crippen LogP contribution in [0.3, 0.4) is 0 Å². The second-order valence-corrected chi connectivity index (χ2v) is 8.37. The van der Waals surface area contributed by atoms with Crippen molar-refractivity contribution in [2.75, 3.05) is 7.11 Å². The van der Waals surface area contributed by atoms with Crippen molar-refractivity contribution in [2.45, 2.75) is 23.5 Å². The van der Waals surface area contributed by atoms with Crippen LogP contribution in [0.2, 0.25) is 0 Å². The molecule has 0 aliphatic carbocycles. The Morgan fingerprint density at radius 3 is 2.42 bits per heavy atom. The molecule has 1 atom stereocenters. The van der Waals surface area contributed by atoms with Crippen LogP contribution in [0.15, 0.2) is 45.9 Å². The highest BCUT2D eigenvalue weighted by atomic mass is 79.9. The van der Waals surface area contributed by atoms with E-state index in [1.807, 2.05) is 0 Å². The van der Waals surface area contributed by atoms with Crippen LogP contribution in [0.1, 0.15) is 22.9 Å². The first-order chi connectivity index (χ1) is 12.2. The molecule has 138 valence electrons. The lowest BCUT2D eigenvalue weighted by molar-refractivity contribution is -0.386. The summed E-state index contributed by atoms with van der Waals surface area (Å²) >= 11 is 3.08. The monoisotopic (exact) mass is 442 g/mol. The smallest absolute Gasteiger partial charge is 0.307 e. The zero-order valence-electron chi connectivity index (χ0n) is 13.9. The number of sulfone groups is 1. The van der Waals surface area contributed by atoms with Crippen molar-refractivity contribution in [3.8, 4) is 0 Å². The molecule has 1 unspecified atom stereocenters. The third kappa shape index (κ3) is 4.25. The van der Waals surface area contributed by atoms with E-state index in [1.54, 1.807) is 19.1 Å². The van der Waals surface area contributed by atoms with Crippen molar-refractivity contribution in [3.63, 3.8) is 0 Å². The van der Waals surface area contributed by atoms with Crippen LogP contribution < -0.4 is 0 Å². The van der Waals surface area contributed by atoms with Crippen LogP contribution in [0, 0.1) is 17.0 Å². The second-order valence-electron chi connectivity index (χ2n) is 5.42. The van der Waals surface area contributed by atoms with Crippen LogP contribution in [-0.2, 0) is 19.4 Å². The lowest BCUT2D eigenvalue weighted by Gasteiger charge is -2.17. The maximum atomic E-state index is 13.1. The number of esters is 1. The highest BCUT2D eigenvalue weighted by molar-refractivity contribution is 9.10. The van der Waals surface area contributed by atoms with Gasteiger partial charge in [-0.05, 0) is 41.1 Å². The van der Waals surface area contributed by atoms with Gasteiger partial charge in [-0.25, -0.2) is 13.4 Å². The number of benzene rings is 1. The van der Waals surface area contributed by atoms with Gasteiger partial charge in [-0.3, -0.25) is 14.9 Å². The van der Waals surface area contributed by atoms with Gasteiger partial charge in [0.15, 0.2) is 9.84 Å². The summed E-state index contributed by atoms with van der Waals surface area (Å²) in [4.78, 5) is 26.3. The number of nitrogens with zero attached hydrogens (tertiary/aromatic N) is 2. The summed E-state index contributed by atoms with van der Waals surface area (Å²) in [5.74, 6) is -0.818. The number of pyridine rings is 1. The number of nitro groups is 1. The number of hydrogen-bond donors (Lipinski definition) is 0. The Kier molecular flexibility index (Phi) is 6.09. The van der Waals surface area contributed by atoms with Crippen molar-refractivity contribution < 1.29 is 22.9 Å². The average Bonchev–Trinajstić information content (AvgIpc) is 2.59. The quantitative estimate of drug-likeness (QED) is 0.291. The number of ether oxygens (including phenoxy) is 1. The highest BCUT2D eigenvalue weighted by Gasteiger charge is 2.37. The predicted molar refractivity (Wildman–Crippen MR) is 96.3 cm³/mol. The van der Waals surface area contributed by atoms with Gasteiger partial charge in [0, 0.05) is 6.07 Å². The van der Waals surface area contributed by atoms with E-state index in [9.17, 15) is 23.3 Å². The lowest BCUT2D eigenvalue weighted by atomic mass is 10.2. The fourth-order valence-electron chi connectivity index (χ4n) is 2.31. The predicted octanol–water partition coefficient (Wildman–Crippen LogP) is 3.14. The van der Waals surface area contributed by atoms with E-state index in [-0.39, 0.29) is 15.2 Å². The van der Waals surface area contributed by atoms with E-state index < -0.39 is 38.1 Å². The molecule has 1 aromatic carbocycles. The van der Waals surface area contributed by atoms with Crippen LogP contribution >= 0.6 is 15.9 Å². The van der Waals surface area contributed by atoms with Gasteiger partial charge in [0.2, 0.25) is 0 Å². The number of methoxy groups -OCH3 is 1. The summed E-state index contributed by atoms with van der Waals surface area (Å²) in [7, 11) is -3.03. The number of carbonyl (C=O) groups excluding carboxylic acids is 1. The highest BCUT2D eigenvalue weighted by Crippen LogP contribution is 2.36. The number of rotatable bonds is 6. The zero-order valence-corrected chi connectivity index (χ0v) is 16.3. The molecule has 26 heavy (non-hydrogen) atoms. The van der Waals surface area contributed by atoms with Crippen molar-refractivity contribution >= 4 is 37.4 Å². The van der Waals surface area contributed by atoms with Gasteiger partial charge in [0.25, 0.3) is 5.69 Å². The molecule has 0 saturated carbocycles. The van der Waals surface area contributed by atoms with Crippen LogP contribution in [0.5, 0.6) is 0 Å². The number of aryl methyl sites for hydroxylation is 1. The Balaban J connectivity index is 2.68. The topological polar surface area (TPSA) is 116 Å². The summed E-state index contributed by atoms with van der Waals surface area (Å²) in [6.07, 6.45) is -0.600. The largest absolute Gasteiger partial charge is 0.469 e. The molecule has 0 N–H and O–H groups in total. The zero-order chi connectivity index (χ0) is 19.5. The van der Waals surface area contributed by atoms with Gasteiger partial charge in [0.05, 0.1) is 23.3 Å². The van der Waals surface area contributed by atoms with Gasteiger partial charge in [-0.1, -0.05) is 17.7 Å². The normalized spacial score (nSPS) is 12.4. The lowest BCUT2D eigenvalue weighted by Crippen LogP contribution is -2.20. The molecule has 0 aliphatic rings. The molecule has 0 fully saturated rings. The summed E-state index contributed by atoms with van der Waals surface area (Å²) in [6.45, 7) is 1.79. The third-order valence-corrected chi connectivity index (χ3v) is 6.18. The molecule has 0 aliphatic heterocycles. The summed E-state index contributed by atoms with van der Waals surface area (Å²) in [5, 5.41) is 9.78. The van der Waals surface area contributed by atoms with Crippen molar-refractivity contribution in [3.05, 3.63) is 62.4 Å². The summed E-state index contributed by atoms with van der Waals surface area (Å²) in [5.41, 5.74) is 0.0353. The fraction of sp³-hybridized carbons (Fsp3) is 0.250. The molecule has 10 heteroatoms. The van der Waals surface area contributed by atoms with E-state index in [1.165, 1.54) is 18.2 Å². The summed E-state index contributed by atoms with van der Waals surface area (Å²) in [6, 6.07) is 8.45. The second kappa shape index (κ2) is 7.92. The van der Waals surface area contributed by atoms with Crippen LogP contribution in [0.4, 0.5) is 5.69 Å². The number of hydrogen-bond acceptors (Lipinski definition) is 7. The Bertz CT molecular complexity index is 944.